The van der Waals surface area contributed by atoms with Gasteiger partial charge in [0.2, 0.25) is 26.0 Å². The van der Waals surface area contributed by atoms with Crippen LogP contribution in [0.1, 0.15) is 13.8 Å². The van der Waals surface area contributed by atoms with Crippen molar-refractivity contribution < 1.29 is 21.6 Å². The minimum Gasteiger partial charge on any atom is -0.348 e. The van der Waals surface area contributed by atoms with E-state index in [1.165, 1.54) is 54.6 Å². The van der Waals surface area contributed by atoms with Crippen LogP contribution in [0.2, 0.25) is 0 Å². The molecule has 0 fully saturated rings. The van der Waals surface area contributed by atoms with Gasteiger partial charge in [0.05, 0.1) is 16.3 Å². The highest BCUT2D eigenvalue weighted by Gasteiger charge is 2.26. The molecule has 1 amide bonds. The van der Waals surface area contributed by atoms with Crippen LogP contribution in [0.4, 0.5) is 0 Å². The van der Waals surface area contributed by atoms with Gasteiger partial charge in [-0.15, -0.1) is 0 Å². The molecule has 1 aromatic rings. The third kappa shape index (κ3) is 4.78. The Kier molecular flexibility index (Phi) is 7.12. The van der Waals surface area contributed by atoms with E-state index < -0.39 is 20.0 Å². The zero-order valence-corrected chi connectivity index (χ0v) is 16.8. The first-order chi connectivity index (χ1) is 11.5. The highest BCUT2D eigenvalue weighted by atomic mass is 32.2. The molecule has 142 valence electrons. The summed E-state index contributed by atoms with van der Waals surface area (Å²) in [5.41, 5.74) is 0. The summed E-state index contributed by atoms with van der Waals surface area (Å²) in [5.74, 6) is -0.355. The molecule has 0 aliphatic heterocycles. The zero-order chi connectivity index (χ0) is 19.4. The van der Waals surface area contributed by atoms with Gasteiger partial charge in [-0.3, -0.25) is 4.79 Å². The van der Waals surface area contributed by atoms with Crippen molar-refractivity contribution in [3.05, 3.63) is 24.3 Å². The third-order valence-electron chi connectivity index (χ3n) is 3.73. The van der Waals surface area contributed by atoms with E-state index in [0.29, 0.717) is 13.1 Å². The Hall–Kier alpha value is -1.49. The SMILES string of the molecule is CCN(CC)S(=O)(=O)c1ccc(S(=O)(=O)N(C)CC(=O)N(C)C)cc1. The van der Waals surface area contributed by atoms with Crippen molar-refractivity contribution in [1.82, 2.24) is 13.5 Å². The molecule has 1 rings (SSSR count). The molecule has 0 heterocycles. The quantitative estimate of drug-likeness (QED) is 0.640. The summed E-state index contributed by atoms with van der Waals surface area (Å²) < 4.78 is 52.1. The Morgan fingerprint density at radius 3 is 1.60 bits per heavy atom. The number of rotatable bonds is 8. The molecule has 0 saturated carbocycles. The molecular weight excluding hydrogens is 366 g/mol. The largest absolute Gasteiger partial charge is 0.348 e. The first-order valence-corrected chi connectivity index (χ1v) is 10.6. The van der Waals surface area contributed by atoms with Crippen LogP contribution in [0.15, 0.2) is 34.1 Å². The van der Waals surface area contributed by atoms with Crippen LogP contribution >= 0.6 is 0 Å². The normalized spacial score (nSPS) is 12.6. The number of nitrogens with zero attached hydrogens (tertiary/aromatic N) is 3. The summed E-state index contributed by atoms with van der Waals surface area (Å²) in [6.45, 7) is 3.82. The number of carbonyl (C=O) groups is 1. The van der Waals surface area contributed by atoms with E-state index >= 15 is 0 Å². The van der Waals surface area contributed by atoms with E-state index in [0.717, 1.165) is 4.31 Å². The minimum absolute atomic E-state index is 0.0298. The van der Waals surface area contributed by atoms with E-state index in [-0.39, 0.29) is 22.2 Å². The van der Waals surface area contributed by atoms with Gasteiger partial charge >= 0.3 is 0 Å². The lowest BCUT2D eigenvalue weighted by atomic mass is 10.4. The van der Waals surface area contributed by atoms with Gasteiger partial charge in [0, 0.05) is 34.2 Å². The second kappa shape index (κ2) is 8.26. The molecular formula is C15H25N3O5S2. The number of hydrogen-bond donors (Lipinski definition) is 0. The predicted octanol–water partition coefficient (Wildman–Crippen LogP) is 0.426. The van der Waals surface area contributed by atoms with Crippen molar-refractivity contribution in [2.75, 3.05) is 40.8 Å². The Morgan fingerprint density at radius 2 is 1.24 bits per heavy atom. The Labute approximate surface area is 150 Å². The van der Waals surface area contributed by atoms with Gasteiger partial charge in [0.1, 0.15) is 0 Å². The summed E-state index contributed by atoms with van der Waals surface area (Å²) in [5, 5.41) is 0. The molecule has 10 heteroatoms. The van der Waals surface area contributed by atoms with E-state index in [9.17, 15) is 21.6 Å². The molecule has 8 nitrogen and oxygen atoms in total. The van der Waals surface area contributed by atoms with Gasteiger partial charge in [0.15, 0.2) is 0 Å². The Balaban J connectivity index is 3.12. The highest BCUT2D eigenvalue weighted by molar-refractivity contribution is 7.89. The van der Waals surface area contributed by atoms with Gasteiger partial charge < -0.3 is 4.90 Å². The maximum atomic E-state index is 12.5. The monoisotopic (exact) mass is 391 g/mol. The van der Waals surface area contributed by atoms with E-state index in [2.05, 4.69) is 0 Å². The fourth-order valence-corrected chi connectivity index (χ4v) is 4.67. The molecule has 0 aliphatic carbocycles. The van der Waals surface area contributed by atoms with Gasteiger partial charge in [-0.05, 0) is 24.3 Å². The summed E-state index contributed by atoms with van der Waals surface area (Å²) in [4.78, 5) is 13.0. The lowest BCUT2D eigenvalue weighted by Gasteiger charge is -2.20. The van der Waals surface area contributed by atoms with Gasteiger partial charge in [-0.2, -0.15) is 8.61 Å². The molecule has 1 aromatic carbocycles. The van der Waals surface area contributed by atoms with Crippen molar-refractivity contribution in [3.8, 4) is 0 Å². The van der Waals surface area contributed by atoms with Crippen LogP contribution < -0.4 is 0 Å². The fourth-order valence-electron chi connectivity index (χ4n) is 2.09. The number of carbonyl (C=O) groups excluding carboxylic acids is 1. The molecule has 0 spiro atoms. The summed E-state index contributed by atoms with van der Waals surface area (Å²) in [6.07, 6.45) is 0. The average Bonchev–Trinajstić information content (AvgIpc) is 2.55. The van der Waals surface area contributed by atoms with Crippen molar-refractivity contribution in [1.29, 1.82) is 0 Å². The number of likely N-dealkylation sites (N-methyl/N-ethyl adjacent to an activating group) is 2. The molecule has 0 bridgehead atoms. The van der Waals surface area contributed by atoms with E-state index in [1.54, 1.807) is 13.8 Å². The standard InChI is InChI=1S/C15H25N3O5S2/c1-6-18(7-2)25(22,23)14-10-8-13(9-11-14)24(20,21)17(5)12-15(19)16(3)4/h8-11H,6-7,12H2,1-5H3. The van der Waals surface area contributed by atoms with Crippen LogP contribution in [-0.4, -0.2) is 77.0 Å². The third-order valence-corrected chi connectivity index (χ3v) is 7.61. The zero-order valence-electron chi connectivity index (χ0n) is 15.1. The molecule has 0 radical (unpaired) electrons. The lowest BCUT2D eigenvalue weighted by Crippen LogP contribution is -2.37. The van der Waals surface area contributed by atoms with Gasteiger partial charge in [-0.1, -0.05) is 13.8 Å². The maximum Gasteiger partial charge on any atom is 0.243 e. The first kappa shape index (κ1) is 21.6. The van der Waals surface area contributed by atoms with Crippen LogP contribution in [-0.2, 0) is 24.8 Å². The maximum absolute atomic E-state index is 12.5. The minimum atomic E-state index is -3.88. The second-order valence-corrected chi connectivity index (χ2v) is 9.59. The molecule has 0 saturated heterocycles. The van der Waals surface area contributed by atoms with Crippen LogP contribution in [0.5, 0.6) is 0 Å². The molecule has 0 unspecified atom stereocenters. The summed E-state index contributed by atoms with van der Waals surface area (Å²) >= 11 is 0. The fraction of sp³-hybridized carbons (Fsp3) is 0.533. The average molecular weight is 392 g/mol. The number of amides is 1. The van der Waals surface area contributed by atoms with Crippen LogP contribution in [0, 0.1) is 0 Å². The first-order valence-electron chi connectivity index (χ1n) is 7.75. The van der Waals surface area contributed by atoms with Gasteiger partial charge in [0.25, 0.3) is 0 Å². The molecule has 0 atom stereocenters. The smallest absolute Gasteiger partial charge is 0.243 e. The number of sulfonamides is 2. The van der Waals surface area contributed by atoms with E-state index in [1.807, 2.05) is 0 Å². The van der Waals surface area contributed by atoms with Crippen molar-refractivity contribution in [2.45, 2.75) is 23.6 Å². The number of hydrogen-bond acceptors (Lipinski definition) is 5. The number of benzene rings is 1. The molecule has 0 aromatic heterocycles. The van der Waals surface area contributed by atoms with Crippen molar-refractivity contribution in [2.24, 2.45) is 0 Å². The van der Waals surface area contributed by atoms with Crippen LogP contribution in [0.3, 0.4) is 0 Å². The topological polar surface area (TPSA) is 95.1 Å². The van der Waals surface area contributed by atoms with Crippen LogP contribution in [0.25, 0.3) is 0 Å². The summed E-state index contributed by atoms with van der Waals surface area (Å²) in [7, 11) is -3.16. The van der Waals surface area contributed by atoms with Crippen molar-refractivity contribution in [3.63, 3.8) is 0 Å². The van der Waals surface area contributed by atoms with Crippen molar-refractivity contribution >= 4 is 26.0 Å². The summed E-state index contributed by atoms with van der Waals surface area (Å²) in [6, 6.07) is 5.01. The molecule has 0 aliphatic rings. The molecule has 0 N–H and O–H groups in total. The van der Waals surface area contributed by atoms with E-state index in [4.69, 9.17) is 0 Å². The second-order valence-electron chi connectivity index (χ2n) is 5.61. The lowest BCUT2D eigenvalue weighted by molar-refractivity contribution is -0.128. The van der Waals surface area contributed by atoms with Gasteiger partial charge in [-0.25, -0.2) is 16.8 Å². The Bertz CT molecular complexity index is 798. The highest BCUT2D eigenvalue weighted by Crippen LogP contribution is 2.20. The molecule has 25 heavy (non-hydrogen) atoms. The Morgan fingerprint density at radius 1 is 0.840 bits per heavy atom. The predicted molar refractivity (Wildman–Crippen MR) is 95.1 cm³/mol.